The number of likely N-dealkylation sites (tertiary alicyclic amines) is 1. The molecule has 0 aromatic rings. The van der Waals surface area contributed by atoms with Gasteiger partial charge in [-0.05, 0) is 44.4 Å². The van der Waals surface area contributed by atoms with Crippen molar-refractivity contribution in [2.45, 2.75) is 75.9 Å². The summed E-state index contributed by atoms with van der Waals surface area (Å²) < 4.78 is 0. The molecule has 3 unspecified atom stereocenters. The summed E-state index contributed by atoms with van der Waals surface area (Å²) in [5.74, 6) is 0.00189. The highest BCUT2D eigenvalue weighted by molar-refractivity contribution is 5.77. The fraction of sp³-hybridized carbons (Fsp3) is 0.875. The van der Waals surface area contributed by atoms with Crippen molar-refractivity contribution in [3.8, 4) is 0 Å². The molecule has 5 nitrogen and oxygen atoms in total. The van der Waals surface area contributed by atoms with Gasteiger partial charge in [0.25, 0.3) is 0 Å². The van der Waals surface area contributed by atoms with E-state index in [4.69, 9.17) is 0 Å². The number of fused-ring (bicyclic) bond motifs is 1. The van der Waals surface area contributed by atoms with Crippen molar-refractivity contribution < 1.29 is 14.7 Å². The van der Waals surface area contributed by atoms with Crippen LogP contribution in [0.2, 0.25) is 0 Å². The Labute approximate surface area is 126 Å². The minimum Gasteiger partial charge on any atom is -0.480 e. The van der Waals surface area contributed by atoms with Gasteiger partial charge in [-0.25, -0.2) is 0 Å². The summed E-state index contributed by atoms with van der Waals surface area (Å²) in [6.07, 6.45) is 9.18. The molecule has 3 atom stereocenters. The third kappa shape index (κ3) is 3.57. The Hall–Kier alpha value is -1.10. The maximum absolute atomic E-state index is 11.9. The van der Waals surface area contributed by atoms with Gasteiger partial charge < -0.3 is 10.4 Å². The molecule has 1 saturated heterocycles. The van der Waals surface area contributed by atoms with Crippen LogP contribution in [0.1, 0.15) is 57.8 Å². The van der Waals surface area contributed by atoms with E-state index in [1.807, 2.05) is 0 Å². The molecular weight excluding hydrogens is 268 g/mol. The van der Waals surface area contributed by atoms with Gasteiger partial charge >= 0.3 is 5.97 Å². The van der Waals surface area contributed by atoms with Crippen LogP contribution in [0.25, 0.3) is 0 Å². The van der Waals surface area contributed by atoms with E-state index in [9.17, 15) is 14.7 Å². The number of hydrogen-bond donors (Lipinski definition) is 2. The van der Waals surface area contributed by atoms with Gasteiger partial charge in [0.15, 0.2) is 0 Å². The van der Waals surface area contributed by atoms with E-state index in [0.29, 0.717) is 31.0 Å². The Bertz CT molecular complexity index is 408. The van der Waals surface area contributed by atoms with Crippen LogP contribution >= 0.6 is 0 Å². The van der Waals surface area contributed by atoms with Gasteiger partial charge in [0, 0.05) is 25.0 Å². The van der Waals surface area contributed by atoms with E-state index >= 15 is 0 Å². The van der Waals surface area contributed by atoms with Crippen molar-refractivity contribution in [1.29, 1.82) is 0 Å². The highest BCUT2D eigenvalue weighted by Crippen LogP contribution is 2.38. The number of carbonyl (C=O) groups is 2. The summed E-state index contributed by atoms with van der Waals surface area (Å²) in [6, 6.07) is 0.372. The normalized spacial score (nSPS) is 33.2. The van der Waals surface area contributed by atoms with Gasteiger partial charge in [0.05, 0.1) is 0 Å². The van der Waals surface area contributed by atoms with E-state index in [0.717, 1.165) is 32.1 Å². The van der Waals surface area contributed by atoms with Gasteiger partial charge in [-0.2, -0.15) is 0 Å². The minimum atomic E-state index is -0.721. The third-order valence-electron chi connectivity index (χ3n) is 5.33. The number of nitrogens with zero attached hydrogens (tertiary/aromatic N) is 1. The average molecular weight is 294 g/mol. The molecule has 21 heavy (non-hydrogen) atoms. The Morgan fingerprint density at radius 2 is 1.81 bits per heavy atom. The number of hydrogen-bond acceptors (Lipinski definition) is 3. The zero-order valence-corrected chi connectivity index (χ0v) is 12.6. The topological polar surface area (TPSA) is 69.6 Å². The fourth-order valence-electron chi connectivity index (χ4n) is 4.08. The van der Waals surface area contributed by atoms with Gasteiger partial charge in [0.1, 0.15) is 6.04 Å². The summed E-state index contributed by atoms with van der Waals surface area (Å²) in [5, 5.41) is 12.5. The monoisotopic (exact) mass is 294 g/mol. The number of carboxylic acid groups (broad SMARTS) is 1. The van der Waals surface area contributed by atoms with Gasteiger partial charge in [-0.15, -0.1) is 0 Å². The molecule has 3 rings (SSSR count). The number of amides is 1. The molecule has 2 saturated carbocycles. The van der Waals surface area contributed by atoms with Crippen molar-refractivity contribution in [2.24, 2.45) is 5.92 Å². The van der Waals surface area contributed by atoms with Crippen LogP contribution in [0.15, 0.2) is 0 Å². The maximum Gasteiger partial charge on any atom is 0.320 e. The van der Waals surface area contributed by atoms with Gasteiger partial charge in [-0.1, -0.05) is 12.8 Å². The van der Waals surface area contributed by atoms with E-state index in [1.165, 1.54) is 19.3 Å². The first-order valence-electron chi connectivity index (χ1n) is 8.43. The zero-order chi connectivity index (χ0) is 14.8. The minimum absolute atomic E-state index is 0.0829. The molecule has 0 spiro atoms. The van der Waals surface area contributed by atoms with E-state index < -0.39 is 12.0 Å². The van der Waals surface area contributed by atoms with Crippen LogP contribution in [-0.2, 0) is 9.59 Å². The number of aliphatic carboxylic acids is 1. The molecule has 5 heteroatoms. The van der Waals surface area contributed by atoms with Gasteiger partial charge in [-0.3, -0.25) is 14.5 Å². The van der Waals surface area contributed by atoms with E-state index in [1.54, 1.807) is 0 Å². The van der Waals surface area contributed by atoms with Crippen LogP contribution in [0.4, 0.5) is 0 Å². The third-order valence-corrected chi connectivity index (χ3v) is 5.33. The second-order valence-corrected chi connectivity index (χ2v) is 6.87. The quantitative estimate of drug-likeness (QED) is 0.810. The number of piperidine rings is 1. The summed E-state index contributed by atoms with van der Waals surface area (Å²) in [7, 11) is 0. The van der Waals surface area contributed by atoms with Crippen LogP contribution in [-0.4, -0.2) is 46.6 Å². The smallest absolute Gasteiger partial charge is 0.320 e. The molecule has 2 aliphatic carbocycles. The highest BCUT2D eigenvalue weighted by Gasteiger charge is 2.41. The fourth-order valence-corrected chi connectivity index (χ4v) is 4.08. The number of carboxylic acids is 1. The molecule has 0 bridgehead atoms. The molecule has 3 fully saturated rings. The highest BCUT2D eigenvalue weighted by atomic mass is 16.4. The lowest BCUT2D eigenvalue weighted by atomic mass is 9.76. The molecule has 0 aromatic carbocycles. The lowest BCUT2D eigenvalue weighted by Gasteiger charge is -2.47. The summed E-state index contributed by atoms with van der Waals surface area (Å²) in [4.78, 5) is 25.5. The maximum atomic E-state index is 11.9. The van der Waals surface area contributed by atoms with Gasteiger partial charge in [0.2, 0.25) is 5.91 Å². The number of carbonyl (C=O) groups excluding carboxylic acids is 1. The van der Waals surface area contributed by atoms with Crippen molar-refractivity contribution in [2.75, 3.05) is 6.54 Å². The number of rotatable bonds is 5. The predicted molar refractivity (Wildman–Crippen MR) is 78.9 cm³/mol. The van der Waals surface area contributed by atoms with Crippen LogP contribution in [0.5, 0.6) is 0 Å². The molecule has 0 radical (unpaired) electrons. The first-order chi connectivity index (χ1) is 10.1. The second-order valence-electron chi connectivity index (χ2n) is 6.87. The van der Waals surface area contributed by atoms with Crippen LogP contribution < -0.4 is 5.32 Å². The number of nitrogens with one attached hydrogen (secondary N) is 1. The summed E-state index contributed by atoms with van der Waals surface area (Å²) >= 11 is 0. The Kier molecular flexibility index (Phi) is 4.48. The zero-order valence-electron chi connectivity index (χ0n) is 12.6. The van der Waals surface area contributed by atoms with Crippen LogP contribution in [0.3, 0.4) is 0 Å². The molecule has 0 aromatic heterocycles. The summed E-state index contributed by atoms with van der Waals surface area (Å²) in [6.45, 7) is 0.594. The predicted octanol–water partition coefficient (Wildman–Crippen LogP) is 1.76. The largest absolute Gasteiger partial charge is 0.480 e. The molecule has 1 amide bonds. The Morgan fingerprint density at radius 1 is 1.05 bits per heavy atom. The molecule has 1 aliphatic heterocycles. The average Bonchev–Trinajstić information content (AvgIpc) is 3.28. The van der Waals surface area contributed by atoms with E-state index in [2.05, 4.69) is 10.2 Å². The lowest BCUT2D eigenvalue weighted by molar-refractivity contribution is -0.148. The van der Waals surface area contributed by atoms with Crippen molar-refractivity contribution >= 4 is 11.9 Å². The Balaban J connectivity index is 1.61. The molecule has 3 aliphatic rings. The van der Waals surface area contributed by atoms with Crippen molar-refractivity contribution in [1.82, 2.24) is 10.2 Å². The van der Waals surface area contributed by atoms with Crippen molar-refractivity contribution in [3.05, 3.63) is 0 Å². The lowest BCUT2D eigenvalue weighted by Crippen LogP contribution is -2.55. The molecule has 118 valence electrons. The van der Waals surface area contributed by atoms with Crippen molar-refractivity contribution in [3.63, 3.8) is 0 Å². The SMILES string of the molecule is O=C(CCN1C(C(=O)O)CCC2CCCCC21)NC1CC1. The standard InChI is InChI=1S/C16H26N2O3/c19-15(17-12-6-7-12)9-10-18-13-4-2-1-3-11(13)5-8-14(18)16(20)21/h11-14H,1-10H2,(H,17,19)(H,20,21). The molecular formula is C16H26N2O3. The Morgan fingerprint density at radius 3 is 2.52 bits per heavy atom. The second kappa shape index (κ2) is 6.34. The summed E-state index contributed by atoms with van der Waals surface area (Å²) in [5.41, 5.74) is 0. The first kappa shape index (κ1) is 14.8. The van der Waals surface area contributed by atoms with E-state index in [-0.39, 0.29) is 5.91 Å². The van der Waals surface area contributed by atoms with Crippen LogP contribution in [0, 0.1) is 5.92 Å². The molecule has 1 heterocycles. The molecule has 2 N–H and O–H groups in total. The first-order valence-corrected chi connectivity index (χ1v) is 8.43.